The molecule has 1 N–H and O–H groups in total. The highest BCUT2D eigenvalue weighted by Gasteiger charge is 2.09. The first-order valence-electron chi connectivity index (χ1n) is 7.14. The number of hydrogen-bond acceptors (Lipinski definition) is 2. The summed E-state index contributed by atoms with van der Waals surface area (Å²) >= 11 is 0. The number of carbonyl (C=O) groups is 1. The number of rotatable bonds is 5. The molecule has 0 spiro atoms. The zero-order valence-corrected chi connectivity index (χ0v) is 12.1. The number of nitrogens with one attached hydrogen (secondary N) is 1. The molecular weight excluding hydrogens is 260 g/mol. The van der Waals surface area contributed by atoms with Crippen LogP contribution < -0.4 is 5.32 Å². The van der Waals surface area contributed by atoms with Crippen molar-refractivity contribution in [2.75, 3.05) is 6.54 Å². The SMILES string of the molecule is CCCCNC(=O)/C(C#N)=C\c1cccc2ccccc12. The molecule has 0 fully saturated rings. The van der Waals surface area contributed by atoms with Gasteiger partial charge >= 0.3 is 0 Å². The highest BCUT2D eigenvalue weighted by Crippen LogP contribution is 2.20. The minimum Gasteiger partial charge on any atom is -0.351 e. The summed E-state index contributed by atoms with van der Waals surface area (Å²) in [6.07, 6.45) is 3.58. The molecule has 106 valence electrons. The van der Waals surface area contributed by atoms with Crippen LogP contribution in [0.5, 0.6) is 0 Å². The summed E-state index contributed by atoms with van der Waals surface area (Å²) in [5.74, 6) is -0.307. The lowest BCUT2D eigenvalue weighted by molar-refractivity contribution is -0.117. The van der Waals surface area contributed by atoms with E-state index < -0.39 is 0 Å². The second kappa shape index (κ2) is 7.25. The van der Waals surface area contributed by atoms with Gasteiger partial charge in [-0.05, 0) is 28.8 Å². The van der Waals surface area contributed by atoms with E-state index in [1.54, 1.807) is 6.08 Å². The number of carbonyl (C=O) groups excluding carboxylic acids is 1. The Morgan fingerprint density at radius 2 is 2.00 bits per heavy atom. The highest BCUT2D eigenvalue weighted by atomic mass is 16.1. The van der Waals surface area contributed by atoms with Gasteiger partial charge in [-0.25, -0.2) is 0 Å². The fourth-order valence-corrected chi connectivity index (χ4v) is 2.15. The van der Waals surface area contributed by atoms with Gasteiger partial charge in [0.15, 0.2) is 0 Å². The minimum absolute atomic E-state index is 0.141. The second-order valence-corrected chi connectivity index (χ2v) is 4.85. The Morgan fingerprint density at radius 3 is 2.76 bits per heavy atom. The maximum Gasteiger partial charge on any atom is 0.261 e. The molecule has 1 amide bonds. The van der Waals surface area contributed by atoms with Crippen molar-refractivity contribution < 1.29 is 4.79 Å². The second-order valence-electron chi connectivity index (χ2n) is 4.85. The van der Waals surface area contributed by atoms with Crippen molar-refractivity contribution in [3.05, 3.63) is 53.6 Å². The minimum atomic E-state index is -0.307. The van der Waals surface area contributed by atoms with Gasteiger partial charge in [0.05, 0.1) is 0 Å². The first-order chi connectivity index (χ1) is 10.3. The topological polar surface area (TPSA) is 52.9 Å². The average Bonchev–Trinajstić information content (AvgIpc) is 2.52. The molecule has 0 saturated carbocycles. The fraction of sp³-hybridized carbons (Fsp3) is 0.222. The van der Waals surface area contributed by atoms with Crippen LogP contribution in [0.25, 0.3) is 16.8 Å². The molecule has 0 atom stereocenters. The molecule has 0 bridgehead atoms. The van der Waals surface area contributed by atoms with E-state index in [1.165, 1.54) is 0 Å². The predicted octanol–water partition coefficient (Wildman–Crippen LogP) is 3.66. The van der Waals surface area contributed by atoms with Crippen LogP contribution >= 0.6 is 0 Å². The molecule has 0 radical (unpaired) electrons. The third-order valence-electron chi connectivity index (χ3n) is 3.30. The van der Waals surface area contributed by atoms with Crippen molar-refractivity contribution in [2.45, 2.75) is 19.8 Å². The van der Waals surface area contributed by atoms with Gasteiger partial charge in [0.2, 0.25) is 0 Å². The number of fused-ring (bicyclic) bond motifs is 1. The van der Waals surface area contributed by atoms with Crippen LogP contribution in [-0.2, 0) is 4.79 Å². The van der Waals surface area contributed by atoms with Crippen molar-refractivity contribution in [1.82, 2.24) is 5.32 Å². The summed E-state index contributed by atoms with van der Waals surface area (Å²) in [5.41, 5.74) is 1.03. The van der Waals surface area contributed by atoms with Crippen LogP contribution in [0.15, 0.2) is 48.0 Å². The summed E-state index contributed by atoms with van der Waals surface area (Å²) < 4.78 is 0. The fourth-order valence-electron chi connectivity index (χ4n) is 2.15. The van der Waals surface area contributed by atoms with E-state index in [9.17, 15) is 10.1 Å². The van der Waals surface area contributed by atoms with Crippen LogP contribution in [-0.4, -0.2) is 12.5 Å². The molecule has 0 unspecified atom stereocenters. The van der Waals surface area contributed by atoms with Gasteiger partial charge in [-0.1, -0.05) is 55.8 Å². The lowest BCUT2D eigenvalue weighted by Gasteiger charge is -2.05. The molecular formula is C18H18N2O. The summed E-state index contributed by atoms with van der Waals surface area (Å²) in [7, 11) is 0. The first-order valence-corrected chi connectivity index (χ1v) is 7.14. The van der Waals surface area contributed by atoms with E-state index in [-0.39, 0.29) is 11.5 Å². The number of unbranched alkanes of at least 4 members (excludes halogenated alkanes) is 1. The number of amides is 1. The van der Waals surface area contributed by atoms with Gasteiger partial charge < -0.3 is 5.32 Å². The van der Waals surface area contributed by atoms with Crippen molar-refractivity contribution in [3.63, 3.8) is 0 Å². The summed E-state index contributed by atoms with van der Waals surface area (Å²) in [5, 5.41) is 14.1. The van der Waals surface area contributed by atoms with Gasteiger partial charge in [0.25, 0.3) is 5.91 Å². The van der Waals surface area contributed by atoms with Gasteiger partial charge in [-0.3, -0.25) is 4.79 Å². The number of nitriles is 1. The third-order valence-corrected chi connectivity index (χ3v) is 3.30. The Kier molecular flexibility index (Phi) is 5.11. The number of hydrogen-bond donors (Lipinski definition) is 1. The zero-order chi connectivity index (χ0) is 15.1. The van der Waals surface area contributed by atoms with Crippen LogP contribution in [0.3, 0.4) is 0 Å². The van der Waals surface area contributed by atoms with E-state index in [1.807, 2.05) is 48.5 Å². The van der Waals surface area contributed by atoms with E-state index >= 15 is 0 Å². The van der Waals surface area contributed by atoms with Gasteiger partial charge in [-0.15, -0.1) is 0 Å². The van der Waals surface area contributed by atoms with Crippen LogP contribution in [0.4, 0.5) is 0 Å². The molecule has 3 heteroatoms. The summed E-state index contributed by atoms with van der Waals surface area (Å²) in [6, 6.07) is 15.8. The molecule has 0 aliphatic carbocycles. The largest absolute Gasteiger partial charge is 0.351 e. The number of benzene rings is 2. The maximum atomic E-state index is 12.0. The van der Waals surface area contributed by atoms with E-state index in [4.69, 9.17) is 0 Å². The Hall–Kier alpha value is -2.60. The monoisotopic (exact) mass is 278 g/mol. The molecule has 21 heavy (non-hydrogen) atoms. The standard InChI is InChI=1S/C18H18N2O/c1-2-3-11-20-18(21)16(13-19)12-15-9-6-8-14-7-4-5-10-17(14)15/h4-10,12H,2-3,11H2,1H3,(H,20,21)/b16-12-. The van der Waals surface area contributed by atoms with E-state index in [0.717, 1.165) is 29.2 Å². The average molecular weight is 278 g/mol. The molecule has 0 aromatic heterocycles. The third kappa shape index (κ3) is 3.70. The summed E-state index contributed by atoms with van der Waals surface area (Å²) in [6.45, 7) is 2.66. The number of nitrogens with zero attached hydrogens (tertiary/aromatic N) is 1. The van der Waals surface area contributed by atoms with Gasteiger partial charge in [0, 0.05) is 6.54 Å². The smallest absolute Gasteiger partial charge is 0.261 e. The molecule has 2 aromatic carbocycles. The zero-order valence-electron chi connectivity index (χ0n) is 12.1. The first kappa shape index (κ1) is 14.8. The van der Waals surface area contributed by atoms with Crippen LogP contribution in [0.2, 0.25) is 0 Å². The van der Waals surface area contributed by atoms with Crippen LogP contribution in [0.1, 0.15) is 25.3 Å². The van der Waals surface area contributed by atoms with Crippen molar-refractivity contribution in [1.29, 1.82) is 5.26 Å². The lowest BCUT2D eigenvalue weighted by Crippen LogP contribution is -2.25. The molecule has 0 heterocycles. The summed E-state index contributed by atoms with van der Waals surface area (Å²) in [4.78, 5) is 12.0. The van der Waals surface area contributed by atoms with Crippen molar-refractivity contribution >= 4 is 22.8 Å². The molecule has 0 aliphatic rings. The van der Waals surface area contributed by atoms with Crippen molar-refractivity contribution in [2.24, 2.45) is 0 Å². The normalized spacial score (nSPS) is 11.1. The lowest BCUT2D eigenvalue weighted by atomic mass is 10.0. The Morgan fingerprint density at radius 1 is 1.24 bits per heavy atom. The van der Waals surface area contributed by atoms with Gasteiger partial charge in [-0.2, -0.15) is 5.26 Å². The predicted molar refractivity (Wildman–Crippen MR) is 85.5 cm³/mol. The molecule has 0 saturated heterocycles. The quantitative estimate of drug-likeness (QED) is 0.515. The van der Waals surface area contributed by atoms with Gasteiger partial charge in [0.1, 0.15) is 11.6 Å². The van der Waals surface area contributed by atoms with E-state index in [0.29, 0.717) is 6.54 Å². The Labute approximate surface area is 124 Å². The van der Waals surface area contributed by atoms with Crippen LogP contribution in [0, 0.1) is 11.3 Å². The maximum absolute atomic E-state index is 12.0. The van der Waals surface area contributed by atoms with Crippen molar-refractivity contribution in [3.8, 4) is 6.07 Å². The Balaban J connectivity index is 2.30. The molecule has 2 rings (SSSR count). The highest BCUT2D eigenvalue weighted by molar-refractivity contribution is 6.04. The molecule has 2 aromatic rings. The van der Waals surface area contributed by atoms with E-state index in [2.05, 4.69) is 12.2 Å². The Bertz CT molecular complexity index is 705. The molecule has 3 nitrogen and oxygen atoms in total. The molecule has 0 aliphatic heterocycles.